The van der Waals surface area contributed by atoms with Crippen LogP contribution in [0.5, 0.6) is 0 Å². The maximum Gasteiger partial charge on any atom is 0.284 e. The number of rotatable bonds is 5. The molecule has 0 saturated carbocycles. The van der Waals surface area contributed by atoms with Gasteiger partial charge in [0.15, 0.2) is 0 Å². The van der Waals surface area contributed by atoms with Gasteiger partial charge >= 0.3 is 0 Å². The average molecular weight is 465 g/mol. The summed E-state index contributed by atoms with van der Waals surface area (Å²) in [6, 6.07) is 20.4. The van der Waals surface area contributed by atoms with Crippen molar-refractivity contribution in [3.8, 4) is 33.9 Å². The van der Waals surface area contributed by atoms with Gasteiger partial charge in [-0.15, -0.1) is 0 Å². The molecule has 0 saturated heterocycles. The Morgan fingerprint density at radius 2 is 1.47 bits per heavy atom. The molecule has 0 atom stereocenters. The van der Waals surface area contributed by atoms with Crippen molar-refractivity contribution >= 4 is 27.3 Å². The average Bonchev–Trinajstić information content (AvgIpc) is 3.20. The molecule has 30 heavy (non-hydrogen) atoms. The van der Waals surface area contributed by atoms with Gasteiger partial charge in [-0.3, -0.25) is 20.2 Å². The fourth-order valence-electron chi connectivity index (χ4n) is 3.07. The maximum atomic E-state index is 11.3. The smallest absolute Gasteiger partial charge is 0.284 e. The lowest BCUT2D eigenvalue weighted by molar-refractivity contribution is -0.385. The van der Waals surface area contributed by atoms with Crippen molar-refractivity contribution in [1.29, 1.82) is 0 Å². The Labute approximate surface area is 178 Å². The summed E-state index contributed by atoms with van der Waals surface area (Å²) in [5.41, 5.74) is 3.34. The molecule has 148 valence electrons. The van der Waals surface area contributed by atoms with Crippen LogP contribution in [-0.4, -0.2) is 19.8 Å². The van der Waals surface area contributed by atoms with Gasteiger partial charge in [0.1, 0.15) is 5.82 Å². The summed E-state index contributed by atoms with van der Waals surface area (Å²) in [4.78, 5) is 29.3. The summed E-state index contributed by atoms with van der Waals surface area (Å²) < 4.78 is 0.377. The Hall–Kier alpha value is -3.85. The maximum absolute atomic E-state index is 11.3. The molecule has 8 nitrogen and oxygen atoms in total. The molecule has 9 heteroatoms. The number of nitrogens with one attached hydrogen (secondary N) is 1. The van der Waals surface area contributed by atoms with E-state index in [9.17, 15) is 20.2 Å². The first-order chi connectivity index (χ1) is 14.4. The quantitative estimate of drug-likeness (QED) is 0.287. The van der Waals surface area contributed by atoms with E-state index >= 15 is 0 Å². The molecule has 0 spiro atoms. The number of nitro benzene ring substituents is 2. The predicted molar refractivity (Wildman–Crippen MR) is 116 cm³/mol. The highest BCUT2D eigenvalue weighted by Gasteiger charge is 2.19. The van der Waals surface area contributed by atoms with E-state index in [0.717, 1.165) is 5.56 Å². The van der Waals surface area contributed by atoms with Gasteiger partial charge in [-0.05, 0) is 40.2 Å². The number of non-ortho nitro benzene ring substituents is 1. The van der Waals surface area contributed by atoms with Crippen molar-refractivity contribution < 1.29 is 9.85 Å². The highest BCUT2D eigenvalue weighted by Crippen LogP contribution is 2.35. The van der Waals surface area contributed by atoms with Crippen LogP contribution in [0.15, 0.2) is 77.3 Å². The molecule has 0 aliphatic heterocycles. The SMILES string of the molecule is O=[N+]([O-])c1ccc(-c2[nH]c(-c3ccc(Br)c([N+](=O)[O-])c3)nc2-c2ccccc2)cc1. The van der Waals surface area contributed by atoms with Crippen molar-refractivity contribution in [2.24, 2.45) is 0 Å². The number of benzene rings is 3. The third kappa shape index (κ3) is 3.70. The molecule has 1 heterocycles. The number of nitrogens with zero attached hydrogens (tertiary/aromatic N) is 3. The van der Waals surface area contributed by atoms with E-state index in [1.807, 2.05) is 30.3 Å². The molecule has 4 aromatic rings. The van der Waals surface area contributed by atoms with E-state index in [0.29, 0.717) is 32.8 Å². The van der Waals surface area contributed by atoms with E-state index in [1.54, 1.807) is 24.3 Å². The van der Waals surface area contributed by atoms with E-state index in [-0.39, 0.29) is 11.4 Å². The molecule has 4 rings (SSSR count). The minimum absolute atomic E-state index is 0.0108. The molecule has 0 unspecified atom stereocenters. The molecule has 0 aliphatic rings. The Bertz CT molecular complexity index is 1250. The summed E-state index contributed by atoms with van der Waals surface area (Å²) >= 11 is 3.19. The zero-order chi connectivity index (χ0) is 21.3. The lowest BCUT2D eigenvalue weighted by Crippen LogP contribution is -1.91. The third-order valence-corrected chi connectivity index (χ3v) is 5.20. The predicted octanol–water partition coefficient (Wildman–Crippen LogP) is 5.99. The number of nitro groups is 2. The third-order valence-electron chi connectivity index (χ3n) is 4.53. The second kappa shape index (κ2) is 7.88. The highest BCUT2D eigenvalue weighted by atomic mass is 79.9. The molecule has 0 bridgehead atoms. The Balaban J connectivity index is 1.88. The molecule has 0 fully saturated rings. The minimum Gasteiger partial charge on any atom is -0.337 e. The van der Waals surface area contributed by atoms with E-state index in [4.69, 9.17) is 0 Å². The number of hydrogen-bond acceptors (Lipinski definition) is 5. The number of aromatic amines is 1. The standard InChI is InChI=1S/C21H13BrN4O4/c22-17-11-8-15(12-18(17)26(29)30)21-23-19(13-4-2-1-3-5-13)20(24-21)14-6-9-16(10-7-14)25(27)28/h1-12H,(H,23,24). The lowest BCUT2D eigenvalue weighted by atomic mass is 10.0. The summed E-state index contributed by atoms with van der Waals surface area (Å²) in [5.74, 6) is 0.456. The summed E-state index contributed by atoms with van der Waals surface area (Å²) in [6.07, 6.45) is 0. The van der Waals surface area contributed by atoms with Gasteiger partial charge in [0.25, 0.3) is 11.4 Å². The molecule has 0 amide bonds. The highest BCUT2D eigenvalue weighted by molar-refractivity contribution is 9.10. The zero-order valence-corrected chi connectivity index (χ0v) is 16.9. The second-order valence-electron chi connectivity index (χ2n) is 6.40. The van der Waals surface area contributed by atoms with Crippen molar-refractivity contribution in [3.63, 3.8) is 0 Å². The normalized spacial score (nSPS) is 10.7. The van der Waals surface area contributed by atoms with E-state index in [2.05, 4.69) is 25.9 Å². The van der Waals surface area contributed by atoms with Gasteiger partial charge in [-0.2, -0.15) is 0 Å². The molecular formula is C21H13BrN4O4. The number of aromatic nitrogens is 2. The Morgan fingerprint density at radius 1 is 0.800 bits per heavy atom. The van der Waals surface area contributed by atoms with Crippen LogP contribution in [0.3, 0.4) is 0 Å². The minimum atomic E-state index is -0.466. The van der Waals surface area contributed by atoms with Crippen molar-refractivity contribution in [2.75, 3.05) is 0 Å². The van der Waals surface area contributed by atoms with Crippen molar-refractivity contribution in [2.45, 2.75) is 0 Å². The first-order valence-corrected chi connectivity index (χ1v) is 9.58. The fraction of sp³-hybridized carbons (Fsp3) is 0. The number of halogens is 1. The summed E-state index contributed by atoms with van der Waals surface area (Å²) in [5, 5.41) is 22.3. The van der Waals surface area contributed by atoms with E-state index in [1.165, 1.54) is 18.2 Å². The summed E-state index contributed by atoms with van der Waals surface area (Å²) in [7, 11) is 0. The molecule has 3 aromatic carbocycles. The molecular weight excluding hydrogens is 452 g/mol. The van der Waals surface area contributed by atoms with Crippen molar-refractivity contribution in [3.05, 3.63) is 97.5 Å². The lowest BCUT2D eigenvalue weighted by Gasteiger charge is -2.03. The van der Waals surface area contributed by atoms with Crippen LogP contribution < -0.4 is 0 Å². The van der Waals surface area contributed by atoms with Crippen LogP contribution in [-0.2, 0) is 0 Å². The first-order valence-electron chi connectivity index (χ1n) is 8.78. The first kappa shape index (κ1) is 19.5. The van der Waals surface area contributed by atoms with Crippen LogP contribution in [0.1, 0.15) is 0 Å². The van der Waals surface area contributed by atoms with Crippen molar-refractivity contribution in [1.82, 2.24) is 9.97 Å². The van der Waals surface area contributed by atoms with Gasteiger partial charge < -0.3 is 4.98 Å². The van der Waals surface area contributed by atoms with Gasteiger partial charge in [-0.1, -0.05) is 30.3 Å². The van der Waals surface area contributed by atoms with Gasteiger partial charge in [0, 0.05) is 34.9 Å². The van der Waals surface area contributed by atoms with Crippen LogP contribution in [0.25, 0.3) is 33.9 Å². The van der Waals surface area contributed by atoms with Gasteiger partial charge in [-0.25, -0.2) is 4.98 Å². The fourth-order valence-corrected chi connectivity index (χ4v) is 3.46. The zero-order valence-electron chi connectivity index (χ0n) is 15.3. The molecule has 0 radical (unpaired) electrons. The Kier molecular flexibility index (Phi) is 5.11. The van der Waals surface area contributed by atoms with Gasteiger partial charge in [0.05, 0.1) is 25.7 Å². The largest absolute Gasteiger partial charge is 0.337 e. The monoisotopic (exact) mass is 464 g/mol. The molecule has 1 N–H and O–H groups in total. The number of hydrogen-bond donors (Lipinski definition) is 1. The van der Waals surface area contributed by atoms with Crippen LogP contribution >= 0.6 is 15.9 Å². The second-order valence-corrected chi connectivity index (χ2v) is 7.26. The number of H-pyrrole nitrogens is 1. The topological polar surface area (TPSA) is 115 Å². The number of imidazole rings is 1. The van der Waals surface area contributed by atoms with Crippen LogP contribution in [0.4, 0.5) is 11.4 Å². The molecule has 1 aromatic heterocycles. The Morgan fingerprint density at radius 3 is 2.10 bits per heavy atom. The van der Waals surface area contributed by atoms with E-state index < -0.39 is 9.85 Å². The molecule has 0 aliphatic carbocycles. The van der Waals surface area contributed by atoms with Crippen LogP contribution in [0, 0.1) is 20.2 Å². The van der Waals surface area contributed by atoms with Gasteiger partial charge in [0.2, 0.25) is 0 Å². The van der Waals surface area contributed by atoms with Crippen LogP contribution in [0.2, 0.25) is 0 Å². The summed E-state index contributed by atoms with van der Waals surface area (Å²) in [6.45, 7) is 0.